The van der Waals surface area contributed by atoms with E-state index in [0.717, 1.165) is 31.1 Å². The van der Waals surface area contributed by atoms with E-state index >= 15 is 0 Å². The van der Waals surface area contributed by atoms with E-state index in [-0.39, 0.29) is 0 Å². The van der Waals surface area contributed by atoms with Crippen molar-refractivity contribution in [1.82, 2.24) is 15.0 Å². The Morgan fingerprint density at radius 3 is 2.95 bits per heavy atom. The van der Waals surface area contributed by atoms with E-state index in [0.29, 0.717) is 11.7 Å². The van der Waals surface area contributed by atoms with Gasteiger partial charge >= 0.3 is 0 Å². The summed E-state index contributed by atoms with van der Waals surface area (Å²) in [6.07, 6.45) is 2.59. The maximum absolute atomic E-state index is 5.35. The van der Waals surface area contributed by atoms with Gasteiger partial charge in [-0.05, 0) is 25.3 Å². The highest BCUT2D eigenvalue weighted by Gasteiger charge is 2.18. The molecular weight excluding hydrogens is 238 g/mol. The molecule has 0 bridgehead atoms. The highest BCUT2D eigenvalue weighted by Crippen LogP contribution is 2.19. The van der Waals surface area contributed by atoms with Crippen molar-refractivity contribution in [1.29, 1.82) is 0 Å². The zero-order valence-electron chi connectivity index (χ0n) is 11.2. The summed E-state index contributed by atoms with van der Waals surface area (Å²) in [5, 5.41) is 4.06. The minimum absolute atomic E-state index is 0.681. The second-order valence-electron chi connectivity index (χ2n) is 5.36. The van der Waals surface area contributed by atoms with Gasteiger partial charge in [0, 0.05) is 12.1 Å². The maximum Gasteiger partial charge on any atom is 0.241 e. The minimum Gasteiger partial charge on any atom is -0.338 e. The SMILES string of the molecule is CC1CCCN(Cc2nc(-c3ccccc3)no2)C1. The summed E-state index contributed by atoms with van der Waals surface area (Å²) in [7, 11) is 0. The van der Waals surface area contributed by atoms with Gasteiger partial charge in [0.05, 0.1) is 6.54 Å². The first-order valence-corrected chi connectivity index (χ1v) is 6.91. The van der Waals surface area contributed by atoms with E-state index in [2.05, 4.69) is 22.0 Å². The predicted molar refractivity (Wildman–Crippen MR) is 73.4 cm³/mol. The Hall–Kier alpha value is -1.68. The van der Waals surface area contributed by atoms with Crippen LogP contribution in [-0.4, -0.2) is 28.1 Å². The molecule has 1 aliphatic rings. The molecule has 0 radical (unpaired) electrons. The molecule has 1 unspecified atom stereocenters. The van der Waals surface area contributed by atoms with Crippen LogP contribution in [0.1, 0.15) is 25.7 Å². The van der Waals surface area contributed by atoms with E-state index in [9.17, 15) is 0 Å². The van der Waals surface area contributed by atoms with Crippen molar-refractivity contribution >= 4 is 0 Å². The van der Waals surface area contributed by atoms with Gasteiger partial charge in [0.25, 0.3) is 0 Å². The molecule has 1 aromatic carbocycles. The zero-order chi connectivity index (χ0) is 13.1. The lowest BCUT2D eigenvalue weighted by atomic mass is 10.0. The first-order chi connectivity index (χ1) is 9.31. The Morgan fingerprint density at radius 1 is 1.32 bits per heavy atom. The summed E-state index contributed by atoms with van der Waals surface area (Å²) in [6.45, 7) is 5.33. The molecule has 0 aliphatic carbocycles. The summed E-state index contributed by atoms with van der Waals surface area (Å²) >= 11 is 0. The lowest BCUT2D eigenvalue weighted by Gasteiger charge is -2.29. The maximum atomic E-state index is 5.35. The number of piperidine rings is 1. The second-order valence-corrected chi connectivity index (χ2v) is 5.36. The van der Waals surface area contributed by atoms with Crippen LogP contribution in [0.4, 0.5) is 0 Å². The van der Waals surface area contributed by atoms with Crippen molar-refractivity contribution in [2.75, 3.05) is 13.1 Å². The molecule has 0 saturated carbocycles. The fraction of sp³-hybridized carbons (Fsp3) is 0.467. The number of benzene rings is 1. The first-order valence-electron chi connectivity index (χ1n) is 6.91. The van der Waals surface area contributed by atoms with Crippen molar-refractivity contribution in [2.45, 2.75) is 26.3 Å². The average Bonchev–Trinajstić information content (AvgIpc) is 2.88. The van der Waals surface area contributed by atoms with E-state index in [1.54, 1.807) is 0 Å². The van der Waals surface area contributed by atoms with E-state index in [1.165, 1.54) is 12.8 Å². The monoisotopic (exact) mass is 257 g/mol. The van der Waals surface area contributed by atoms with Crippen LogP contribution in [0, 0.1) is 5.92 Å². The average molecular weight is 257 g/mol. The molecule has 4 nitrogen and oxygen atoms in total. The lowest BCUT2D eigenvalue weighted by molar-refractivity contribution is 0.157. The van der Waals surface area contributed by atoms with Gasteiger partial charge in [0.15, 0.2) is 0 Å². The predicted octanol–water partition coefficient (Wildman–Crippen LogP) is 2.97. The molecule has 0 amide bonds. The summed E-state index contributed by atoms with van der Waals surface area (Å²) in [4.78, 5) is 6.88. The Labute approximate surface area is 113 Å². The number of hydrogen-bond acceptors (Lipinski definition) is 4. The summed E-state index contributed by atoms with van der Waals surface area (Å²) in [6, 6.07) is 9.95. The largest absolute Gasteiger partial charge is 0.338 e. The van der Waals surface area contributed by atoms with Crippen molar-refractivity contribution in [3.8, 4) is 11.4 Å². The summed E-state index contributed by atoms with van der Waals surface area (Å²) < 4.78 is 5.35. The van der Waals surface area contributed by atoms with Crippen LogP contribution in [0.5, 0.6) is 0 Å². The van der Waals surface area contributed by atoms with Crippen LogP contribution in [0.25, 0.3) is 11.4 Å². The molecule has 0 N–H and O–H groups in total. The Balaban J connectivity index is 1.68. The Bertz CT molecular complexity index is 523. The molecule has 1 atom stereocenters. The molecule has 0 spiro atoms. The summed E-state index contributed by atoms with van der Waals surface area (Å²) in [5.41, 5.74) is 1.00. The Kier molecular flexibility index (Phi) is 3.60. The van der Waals surface area contributed by atoms with Crippen LogP contribution in [0.3, 0.4) is 0 Å². The highest BCUT2D eigenvalue weighted by atomic mass is 16.5. The van der Waals surface area contributed by atoms with Gasteiger partial charge in [-0.3, -0.25) is 4.90 Å². The van der Waals surface area contributed by atoms with Gasteiger partial charge in [0.2, 0.25) is 11.7 Å². The first kappa shape index (κ1) is 12.4. The van der Waals surface area contributed by atoms with E-state index in [1.807, 2.05) is 30.3 Å². The van der Waals surface area contributed by atoms with Gasteiger partial charge in [-0.1, -0.05) is 42.4 Å². The third-order valence-electron chi connectivity index (χ3n) is 3.60. The molecule has 1 aliphatic heterocycles. The molecule has 2 aromatic rings. The third-order valence-corrected chi connectivity index (χ3v) is 3.60. The van der Waals surface area contributed by atoms with Gasteiger partial charge in [-0.2, -0.15) is 4.98 Å². The normalized spacial score (nSPS) is 20.6. The van der Waals surface area contributed by atoms with Crippen molar-refractivity contribution in [3.63, 3.8) is 0 Å². The smallest absolute Gasteiger partial charge is 0.241 e. The number of rotatable bonds is 3. The minimum atomic E-state index is 0.681. The van der Waals surface area contributed by atoms with Gasteiger partial charge in [0.1, 0.15) is 0 Å². The fourth-order valence-electron chi connectivity index (χ4n) is 2.65. The molecule has 1 aromatic heterocycles. The standard InChI is InChI=1S/C15H19N3O/c1-12-6-5-9-18(10-12)11-14-16-15(17-19-14)13-7-3-2-4-8-13/h2-4,7-8,12H,5-6,9-11H2,1H3. The molecule has 1 saturated heterocycles. The molecular formula is C15H19N3O. The fourth-order valence-corrected chi connectivity index (χ4v) is 2.65. The van der Waals surface area contributed by atoms with Crippen LogP contribution in [0.15, 0.2) is 34.9 Å². The molecule has 1 fully saturated rings. The second kappa shape index (κ2) is 5.53. The zero-order valence-corrected chi connectivity index (χ0v) is 11.2. The van der Waals surface area contributed by atoms with E-state index < -0.39 is 0 Å². The van der Waals surface area contributed by atoms with Gasteiger partial charge in [-0.15, -0.1) is 0 Å². The molecule has 2 heterocycles. The van der Waals surface area contributed by atoms with Crippen molar-refractivity contribution in [2.24, 2.45) is 5.92 Å². The number of aromatic nitrogens is 2. The molecule has 100 valence electrons. The number of likely N-dealkylation sites (tertiary alicyclic amines) is 1. The number of nitrogens with zero attached hydrogens (tertiary/aromatic N) is 3. The Morgan fingerprint density at radius 2 is 2.16 bits per heavy atom. The summed E-state index contributed by atoms with van der Waals surface area (Å²) in [5.74, 6) is 2.17. The topological polar surface area (TPSA) is 42.2 Å². The van der Waals surface area contributed by atoms with Crippen LogP contribution in [-0.2, 0) is 6.54 Å². The third kappa shape index (κ3) is 3.01. The molecule has 3 rings (SSSR count). The highest BCUT2D eigenvalue weighted by molar-refractivity contribution is 5.53. The van der Waals surface area contributed by atoms with Crippen LogP contribution >= 0.6 is 0 Å². The van der Waals surface area contributed by atoms with Gasteiger partial charge in [-0.25, -0.2) is 0 Å². The molecule has 19 heavy (non-hydrogen) atoms. The van der Waals surface area contributed by atoms with Gasteiger partial charge < -0.3 is 4.52 Å². The van der Waals surface area contributed by atoms with Crippen LogP contribution in [0.2, 0.25) is 0 Å². The quantitative estimate of drug-likeness (QED) is 0.847. The van der Waals surface area contributed by atoms with Crippen molar-refractivity contribution in [3.05, 3.63) is 36.2 Å². The van der Waals surface area contributed by atoms with E-state index in [4.69, 9.17) is 4.52 Å². The molecule has 4 heteroatoms. The lowest BCUT2D eigenvalue weighted by Crippen LogP contribution is -2.33. The number of hydrogen-bond donors (Lipinski definition) is 0. The van der Waals surface area contributed by atoms with Crippen molar-refractivity contribution < 1.29 is 4.52 Å². The van der Waals surface area contributed by atoms with Crippen LogP contribution < -0.4 is 0 Å².